The van der Waals surface area contributed by atoms with Crippen LogP contribution in [0.2, 0.25) is 0 Å². The second-order valence-corrected chi connectivity index (χ2v) is 7.89. The minimum atomic E-state index is -3.93. The molecule has 0 aromatic heterocycles. The predicted molar refractivity (Wildman–Crippen MR) is 106 cm³/mol. The third-order valence-electron chi connectivity index (χ3n) is 4.08. The molecule has 1 atom stereocenters. The molecule has 0 aliphatic carbocycles. The first-order chi connectivity index (χ1) is 12.8. The highest BCUT2D eigenvalue weighted by Crippen LogP contribution is 2.27. The van der Waals surface area contributed by atoms with Gasteiger partial charge in [-0.05, 0) is 51.2 Å². The number of ether oxygens (including phenoxy) is 1. The molecule has 0 fully saturated rings. The summed E-state index contributed by atoms with van der Waals surface area (Å²) in [6, 6.07) is 11.4. The molecule has 0 radical (unpaired) electrons. The van der Waals surface area contributed by atoms with Crippen LogP contribution in [-0.2, 0) is 10.0 Å². The molecule has 1 unspecified atom stereocenters. The number of sulfonamides is 1. The van der Waals surface area contributed by atoms with Crippen LogP contribution in [0.1, 0.15) is 22.8 Å². The van der Waals surface area contributed by atoms with Crippen molar-refractivity contribution in [3.05, 3.63) is 53.6 Å². The summed E-state index contributed by atoms with van der Waals surface area (Å²) in [7, 11) is -0.747. The average Bonchev–Trinajstić information content (AvgIpc) is 2.66. The Balaban J connectivity index is 2.30. The van der Waals surface area contributed by atoms with Gasteiger partial charge in [-0.3, -0.25) is 9.52 Å². The summed E-state index contributed by atoms with van der Waals surface area (Å²) in [6.45, 7) is 4.26. The zero-order valence-electron chi connectivity index (χ0n) is 15.9. The van der Waals surface area contributed by atoms with E-state index in [-0.39, 0.29) is 28.2 Å². The molecule has 27 heavy (non-hydrogen) atoms. The Morgan fingerprint density at radius 2 is 1.81 bits per heavy atom. The van der Waals surface area contributed by atoms with Crippen LogP contribution in [0.3, 0.4) is 0 Å². The standard InChI is InChI=1S/C19H25N3O4S/c1-13-5-8-16(9-6-13)22-27(24,25)18-11-15(7-10-17(18)26-4)19(23)21-12-14(2)20-3/h5-11,14,20,22H,12H2,1-4H3,(H,21,23). The monoisotopic (exact) mass is 391 g/mol. The first kappa shape index (κ1) is 20.7. The summed E-state index contributed by atoms with van der Waals surface area (Å²) in [6.07, 6.45) is 0. The van der Waals surface area contributed by atoms with E-state index in [1.54, 1.807) is 19.2 Å². The third kappa shape index (κ3) is 5.45. The van der Waals surface area contributed by atoms with Crippen LogP contribution in [0.15, 0.2) is 47.4 Å². The van der Waals surface area contributed by atoms with Gasteiger partial charge in [-0.1, -0.05) is 17.7 Å². The molecule has 146 valence electrons. The van der Waals surface area contributed by atoms with Crippen molar-refractivity contribution < 1.29 is 17.9 Å². The fraction of sp³-hybridized carbons (Fsp3) is 0.316. The van der Waals surface area contributed by atoms with Crippen molar-refractivity contribution in [3.8, 4) is 5.75 Å². The van der Waals surface area contributed by atoms with Crippen molar-refractivity contribution in [1.29, 1.82) is 0 Å². The van der Waals surface area contributed by atoms with Crippen LogP contribution in [0.5, 0.6) is 5.75 Å². The summed E-state index contributed by atoms with van der Waals surface area (Å²) in [5, 5.41) is 5.78. The second-order valence-electron chi connectivity index (χ2n) is 6.24. The lowest BCUT2D eigenvalue weighted by Gasteiger charge is -2.14. The minimum absolute atomic E-state index is 0.0959. The SMILES string of the molecule is CNC(C)CNC(=O)c1ccc(OC)c(S(=O)(=O)Nc2ccc(C)cc2)c1. The molecular weight excluding hydrogens is 366 g/mol. The Morgan fingerprint density at radius 3 is 2.41 bits per heavy atom. The van der Waals surface area contributed by atoms with Crippen molar-refractivity contribution in [2.75, 3.05) is 25.4 Å². The smallest absolute Gasteiger partial charge is 0.265 e. The van der Waals surface area contributed by atoms with Gasteiger partial charge in [0.15, 0.2) is 0 Å². The molecule has 0 heterocycles. The topological polar surface area (TPSA) is 96.5 Å². The van der Waals surface area contributed by atoms with Gasteiger partial charge in [0.2, 0.25) is 0 Å². The van der Waals surface area contributed by atoms with Crippen LogP contribution in [0.4, 0.5) is 5.69 Å². The summed E-state index contributed by atoms with van der Waals surface area (Å²) < 4.78 is 33.3. The molecule has 0 spiro atoms. The minimum Gasteiger partial charge on any atom is -0.495 e. The van der Waals surface area contributed by atoms with Crippen LogP contribution in [0.25, 0.3) is 0 Å². The zero-order chi connectivity index (χ0) is 20.0. The lowest BCUT2D eigenvalue weighted by molar-refractivity contribution is 0.0950. The molecule has 1 amide bonds. The van der Waals surface area contributed by atoms with Gasteiger partial charge in [0.25, 0.3) is 15.9 Å². The number of hydrogen-bond acceptors (Lipinski definition) is 5. The van der Waals surface area contributed by atoms with Gasteiger partial charge in [0.1, 0.15) is 10.6 Å². The average molecular weight is 391 g/mol. The first-order valence-electron chi connectivity index (χ1n) is 8.50. The molecule has 2 rings (SSSR count). The molecule has 2 aromatic rings. The number of amides is 1. The highest BCUT2D eigenvalue weighted by Gasteiger charge is 2.22. The molecule has 0 saturated carbocycles. The molecule has 0 bridgehead atoms. The fourth-order valence-electron chi connectivity index (χ4n) is 2.31. The van der Waals surface area contributed by atoms with Gasteiger partial charge >= 0.3 is 0 Å². The molecule has 3 N–H and O–H groups in total. The van der Waals surface area contributed by atoms with Crippen LogP contribution in [0, 0.1) is 6.92 Å². The largest absolute Gasteiger partial charge is 0.495 e. The van der Waals surface area contributed by atoms with Crippen LogP contribution >= 0.6 is 0 Å². The highest BCUT2D eigenvalue weighted by molar-refractivity contribution is 7.92. The number of likely N-dealkylation sites (N-methyl/N-ethyl adjacent to an activating group) is 1. The number of benzene rings is 2. The van der Waals surface area contributed by atoms with E-state index in [0.29, 0.717) is 12.2 Å². The Kier molecular flexibility index (Phi) is 6.81. The van der Waals surface area contributed by atoms with Crippen molar-refractivity contribution in [2.24, 2.45) is 0 Å². The Morgan fingerprint density at radius 1 is 1.15 bits per heavy atom. The lowest BCUT2D eigenvalue weighted by Crippen LogP contribution is -2.37. The van der Waals surface area contributed by atoms with Gasteiger partial charge in [0, 0.05) is 23.8 Å². The van der Waals surface area contributed by atoms with E-state index in [2.05, 4.69) is 15.4 Å². The number of nitrogens with one attached hydrogen (secondary N) is 3. The molecule has 0 aliphatic heterocycles. The van der Waals surface area contributed by atoms with Crippen molar-refractivity contribution >= 4 is 21.6 Å². The van der Waals surface area contributed by atoms with Gasteiger partial charge in [-0.15, -0.1) is 0 Å². The Bertz CT molecular complexity index is 896. The molecule has 7 nitrogen and oxygen atoms in total. The maximum absolute atomic E-state index is 12.8. The number of rotatable bonds is 8. The van der Waals surface area contributed by atoms with E-state index in [4.69, 9.17) is 4.74 Å². The quantitative estimate of drug-likeness (QED) is 0.641. The van der Waals surface area contributed by atoms with Crippen LogP contribution in [-0.4, -0.2) is 41.1 Å². The molecular formula is C19H25N3O4S. The van der Waals surface area contributed by atoms with Crippen molar-refractivity contribution in [1.82, 2.24) is 10.6 Å². The summed E-state index contributed by atoms with van der Waals surface area (Å²) >= 11 is 0. The maximum atomic E-state index is 12.8. The third-order valence-corrected chi connectivity index (χ3v) is 5.48. The van der Waals surface area contributed by atoms with Gasteiger partial charge in [-0.25, -0.2) is 8.42 Å². The summed E-state index contributed by atoms with van der Waals surface area (Å²) in [4.78, 5) is 12.2. The number of methoxy groups -OCH3 is 1. The summed E-state index contributed by atoms with van der Waals surface area (Å²) in [5.41, 5.74) is 1.69. The number of carbonyl (C=O) groups is 1. The highest BCUT2D eigenvalue weighted by atomic mass is 32.2. The lowest BCUT2D eigenvalue weighted by atomic mass is 10.2. The first-order valence-corrected chi connectivity index (χ1v) is 9.98. The number of aryl methyl sites for hydroxylation is 1. The molecule has 8 heteroatoms. The second kappa shape index (κ2) is 8.88. The van der Waals surface area contributed by atoms with Gasteiger partial charge in [-0.2, -0.15) is 0 Å². The Hall–Kier alpha value is -2.58. The van der Waals surface area contributed by atoms with E-state index in [1.165, 1.54) is 25.3 Å². The number of carbonyl (C=O) groups excluding carboxylic acids is 1. The Labute approximate surface area is 160 Å². The molecule has 0 aliphatic rings. The van der Waals surface area contributed by atoms with Crippen molar-refractivity contribution in [2.45, 2.75) is 24.8 Å². The molecule has 0 saturated heterocycles. The number of anilines is 1. The number of hydrogen-bond donors (Lipinski definition) is 3. The van der Waals surface area contributed by atoms with Crippen molar-refractivity contribution in [3.63, 3.8) is 0 Å². The zero-order valence-corrected chi connectivity index (χ0v) is 16.7. The molecule has 2 aromatic carbocycles. The van der Waals surface area contributed by atoms with Gasteiger partial charge < -0.3 is 15.4 Å². The van der Waals surface area contributed by atoms with E-state index in [9.17, 15) is 13.2 Å². The predicted octanol–water partition coefficient (Wildman–Crippen LogP) is 2.14. The maximum Gasteiger partial charge on any atom is 0.265 e. The van der Waals surface area contributed by atoms with Crippen LogP contribution < -0.4 is 20.1 Å². The van der Waals surface area contributed by atoms with E-state index >= 15 is 0 Å². The van der Waals surface area contributed by atoms with E-state index in [0.717, 1.165) is 5.56 Å². The van der Waals surface area contributed by atoms with E-state index in [1.807, 2.05) is 26.0 Å². The van der Waals surface area contributed by atoms with Gasteiger partial charge in [0.05, 0.1) is 7.11 Å². The fourth-order valence-corrected chi connectivity index (χ4v) is 3.56. The summed E-state index contributed by atoms with van der Waals surface area (Å²) in [5.74, 6) is -0.193. The van der Waals surface area contributed by atoms with E-state index < -0.39 is 10.0 Å². The normalized spacial score (nSPS) is 12.3.